The molecule has 0 spiro atoms. The smallest absolute Gasteiger partial charge is 0.224 e. The second-order valence-corrected chi connectivity index (χ2v) is 9.10. The maximum atomic E-state index is 12.4. The molecular weight excluding hydrogens is 484 g/mol. The maximum Gasteiger partial charge on any atom is 0.224 e. The molecule has 2 aromatic carbocycles. The average molecular weight is 511 g/mol. The Morgan fingerprint density at radius 2 is 1.70 bits per heavy atom. The van der Waals surface area contributed by atoms with Gasteiger partial charge in [-0.1, -0.05) is 15.9 Å². The second-order valence-electron chi connectivity index (χ2n) is 8.18. The van der Waals surface area contributed by atoms with Crippen LogP contribution in [0.15, 0.2) is 46.9 Å². The van der Waals surface area contributed by atoms with Crippen LogP contribution in [-0.4, -0.2) is 43.1 Å². The number of ether oxygens (including phenoxy) is 1. The highest BCUT2D eigenvalue weighted by Gasteiger charge is 2.15. The third-order valence-electron chi connectivity index (χ3n) is 5.66. The highest BCUT2D eigenvalue weighted by Crippen LogP contribution is 2.26. The molecule has 0 radical (unpaired) electrons. The van der Waals surface area contributed by atoms with Gasteiger partial charge in [0.05, 0.1) is 18.7 Å². The Hall–Kier alpha value is -2.97. The molecule has 1 saturated heterocycles. The summed E-state index contributed by atoms with van der Waals surface area (Å²) in [4.78, 5) is 31.7. The lowest BCUT2D eigenvalue weighted by atomic mass is 10.1. The molecule has 1 aliphatic heterocycles. The summed E-state index contributed by atoms with van der Waals surface area (Å²) in [6.07, 6.45) is 0.213. The molecule has 1 aromatic heterocycles. The molecule has 7 nitrogen and oxygen atoms in total. The number of benzene rings is 2. The molecule has 172 valence electrons. The summed E-state index contributed by atoms with van der Waals surface area (Å²) >= 11 is 3.41. The third kappa shape index (κ3) is 5.89. The number of carbonyl (C=O) groups is 2. The van der Waals surface area contributed by atoms with Crippen LogP contribution in [0.25, 0.3) is 10.9 Å². The molecule has 1 aliphatic rings. The first-order valence-electron chi connectivity index (χ1n) is 11.0. The van der Waals surface area contributed by atoms with Gasteiger partial charge in [0.25, 0.3) is 0 Å². The van der Waals surface area contributed by atoms with E-state index in [4.69, 9.17) is 9.72 Å². The molecule has 0 atom stereocenters. The van der Waals surface area contributed by atoms with E-state index in [9.17, 15) is 9.59 Å². The quantitative estimate of drug-likeness (QED) is 0.497. The Labute approximate surface area is 201 Å². The molecule has 33 heavy (non-hydrogen) atoms. The number of nitrogens with zero attached hydrogens (tertiary/aromatic N) is 2. The van der Waals surface area contributed by atoms with Crippen molar-refractivity contribution < 1.29 is 14.3 Å². The van der Waals surface area contributed by atoms with Gasteiger partial charge in [0.1, 0.15) is 5.82 Å². The molecule has 8 heteroatoms. The molecule has 0 unspecified atom stereocenters. The van der Waals surface area contributed by atoms with E-state index in [0.29, 0.717) is 18.9 Å². The highest BCUT2D eigenvalue weighted by molar-refractivity contribution is 9.10. The van der Waals surface area contributed by atoms with Crippen molar-refractivity contribution in [3.63, 3.8) is 0 Å². The van der Waals surface area contributed by atoms with Gasteiger partial charge >= 0.3 is 0 Å². The predicted molar refractivity (Wildman–Crippen MR) is 135 cm³/mol. The summed E-state index contributed by atoms with van der Waals surface area (Å²) in [5.41, 5.74) is 4.39. The summed E-state index contributed by atoms with van der Waals surface area (Å²) in [6.45, 7) is 7.07. The lowest BCUT2D eigenvalue weighted by molar-refractivity contribution is -0.121. The van der Waals surface area contributed by atoms with E-state index in [1.807, 2.05) is 50.2 Å². The first-order chi connectivity index (χ1) is 15.9. The van der Waals surface area contributed by atoms with Gasteiger partial charge in [-0.3, -0.25) is 9.59 Å². The van der Waals surface area contributed by atoms with Crippen LogP contribution >= 0.6 is 15.9 Å². The van der Waals surface area contributed by atoms with Crippen molar-refractivity contribution in [3.05, 3.63) is 58.1 Å². The van der Waals surface area contributed by atoms with E-state index in [0.717, 1.165) is 51.1 Å². The van der Waals surface area contributed by atoms with Gasteiger partial charge in [-0.2, -0.15) is 0 Å². The van der Waals surface area contributed by atoms with E-state index < -0.39 is 0 Å². The molecule has 1 fully saturated rings. The first kappa shape index (κ1) is 23.2. The number of rotatable bonds is 6. The van der Waals surface area contributed by atoms with Crippen LogP contribution in [-0.2, 0) is 14.3 Å². The molecule has 3 aromatic rings. The fourth-order valence-electron chi connectivity index (χ4n) is 3.84. The number of morpholine rings is 1. The summed E-state index contributed by atoms with van der Waals surface area (Å²) in [7, 11) is 0. The van der Waals surface area contributed by atoms with Crippen LogP contribution < -0.4 is 15.5 Å². The monoisotopic (exact) mass is 510 g/mol. The Morgan fingerprint density at radius 3 is 2.42 bits per heavy atom. The average Bonchev–Trinajstić information content (AvgIpc) is 2.80. The minimum Gasteiger partial charge on any atom is -0.378 e. The third-order valence-corrected chi connectivity index (χ3v) is 6.16. The zero-order valence-corrected chi connectivity index (χ0v) is 20.4. The van der Waals surface area contributed by atoms with Crippen molar-refractivity contribution in [2.24, 2.45) is 0 Å². The predicted octanol–water partition coefficient (Wildman–Crippen LogP) is 4.81. The number of nitrogens with one attached hydrogen (secondary N) is 2. The molecule has 2 N–H and O–H groups in total. The SMILES string of the molecule is Cc1cc(Br)ccc1NC(=O)CCC(=O)Nc1ccc2nc(N3CCOCC3)cc(C)c2c1. The van der Waals surface area contributed by atoms with Gasteiger partial charge < -0.3 is 20.3 Å². The summed E-state index contributed by atoms with van der Waals surface area (Å²) in [5, 5.41) is 6.75. The second kappa shape index (κ2) is 10.3. The topological polar surface area (TPSA) is 83.6 Å². The Bertz CT molecular complexity index is 1190. The number of aryl methyl sites for hydroxylation is 2. The van der Waals surface area contributed by atoms with E-state index in [2.05, 4.69) is 37.5 Å². The number of amides is 2. The highest BCUT2D eigenvalue weighted by atomic mass is 79.9. The Morgan fingerprint density at radius 1 is 0.970 bits per heavy atom. The fraction of sp³-hybridized carbons (Fsp3) is 0.320. The van der Waals surface area contributed by atoms with Gasteiger partial charge in [0.15, 0.2) is 0 Å². The number of hydrogen-bond donors (Lipinski definition) is 2. The number of pyridine rings is 1. The van der Waals surface area contributed by atoms with Gasteiger partial charge in [0, 0.05) is 47.2 Å². The number of halogens is 1. The largest absolute Gasteiger partial charge is 0.378 e. The van der Waals surface area contributed by atoms with Gasteiger partial charge in [-0.05, 0) is 67.4 Å². The van der Waals surface area contributed by atoms with Gasteiger partial charge in [0.2, 0.25) is 11.8 Å². The Kier molecular flexibility index (Phi) is 7.25. The number of carbonyl (C=O) groups excluding carboxylic acids is 2. The van der Waals surface area contributed by atoms with Gasteiger partial charge in [-0.25, -0.2) is 4.98 Å². The van der Waals surface area contributed by atoms with Crippen LogP contribution in [0, 0.1) is 13.8 Å². The van der Waals surface area contributed by atoms with E-state index in [-0.39, 0.29) is 24.7 Å². The lowest BCUT2D eigenvalue weighted by Crippen LogP contribution is -2.36. The van der Waals surface area contributed by atoms with Crippen molar-refractivity contribution in [3.8, 4) is 0 Å². The standard InChI is InChI=1S/C25H27BrN4O3/c1-16-14-23(30-9-11-33-12-10-30)28-22-6-4-19(15-20(16)22)27-24(31)7-8-25(32)29-21-5-3-18(26)13-17(21)2/h3-6,13-15H,7-12H2,1-2H3,(H,27,31)(H,29,32). The molecule has 0 saturated carbocycles. The fourth-order valence-corrected chi connectivity index (χ4v) is 4.31. The number of hydrogen-bond acceptors (Lipinski definition) is 5. The molecular formula is C25H27BrN4O3. The molecule has 4 rings (SSSR count). The van der Waals surface area contributed by atoms with Crippen molar-refractivity contribution in [1.29, 1.82) is 0 Å². The van der Waals surface area contributed by atoms with Crippen molar-refractivity contribution in [1.82, 2.24) is 4.98 Å². The number of fused-ring (bicyclic) bond motifs is 1. The number of aromatic nitrogens is 1. The Balaban J connectivity index is 1.36. The van der Waals surface area contributed by atoms with Crippen molar-refractivity contribution >= 4 is 55.8 Å². The van der Waals surface area contributed by atoms with Crippen LogP contribution in [0.3, 0.4) is 0 Å². The molecule has 2 heterocycles. The lowest BCUT2D eigenvalue weighted by Gasteiger charge is -2.28. The van der Waals surface area contributed by atoms with Crippen LogP contribution in [0.4, 0.5) is 17.2 Å². The van der Waals surface area contributed by atoms with Crippen LogP contribution in [0.5, 0.6) is 0 Å². The molecule has 0 bridgehead atoms. The van der Waals surface area contributed by atoms with Crippen LogP contribution in [0.2, 0.25) is 0 Å². The normalized spacial score (nSPS) is 13.7. The summed E-state index contributed by atoms with van der Waals surface area (Å²) < 4.78 is 6.38. The molecule has 2 amide bonds. The van der Waals surface area contributed by atoms with E-state index in [1.54, 1.807) is 0 Å². The zero-order valence-electron chi connectivity index (χ0n) is 18.8. The minimum atomic E-state index is -0.201. The van der Waals surface area contributed by atoms with Crippen molar-refractivity contribution in [2.75, 3.05) is 41.8 Å². The number of anilines is 3. The zero-order chi connectivity index (χ0) is 23.4. The van der Waals surface area contributed by atoms with Crippen molar-refractivity contribution in [2.45, 2.75) is 26.7 Å². The summed E-state index contributed by atoms with van der Waals surface area (Å²) in [5.74, 6) is 0.560. The first-order valence-corrected chi connectivity index (χ1v) is 11.8. The summed E-state index contributed by atoms with van der Waals surface area (Å²) in [6, 6.07) is 13.4. The van der Waals surface area contributed by atoms with Gasteiger partial charge in [-0.15, -0.1) is 0 Å². The minimum absolute atomic E-state index is 0.104. The molecule has 0 aliphatic carbocycles. The van der Waals surface area contributed by atoms with Crippen LogP contribution in [0.1, 0.15) is 24.0 Å². The van der Waals surface area contributed by atoms with E-state index in [1.165, 1.54) is 0 Å². The maximum absolute atomic E-state index is 12.4. The van der Waals surface area contributed by atoms with E-state index >= 15 is 0 Å².